The maximum atomic E-state index is 4.43. The molecular formula is C14H25N3S. The summed E-state index contributed by atoms with van der Waals surface area (Å²) in [7, 11) is 2.08. The third-order valence-electron chi connectivity index (χ3n) is 4.01. The zero-order valence-electron chi connectivity index (χ0n) is 11.8. The van der Waals surface area contributed by atoms with E-state index >= 15 is 0 Å². The first kappa shape index (κ1) is 13.9. The highest BCUT2D eigenvalue weighted by Gasteiger charge is 2.37. The van der Waals surface area contributed by atoms with Crippen molar-refractivity contribution in [1.82, 2.24) is 14.9 Å². The molecule has 0 spiro atoms. The van der Waals surface area contributed by atoms with E-state index < -0.39 is 0 Å². The fourth-order valence-electron chi connectivity index (χ4n) is 2.86. The predicted octanol–water partition coefficient (Wildman–Crippen LogP) is 2.62. The van der Waals surface area contributed by atoms with Gasteiger partial charge in [-0.05, 0) is 38.5 Å². The van der Waals surface area contributed by atoms with Gasteiger partial charge in [0.05, 0.1) is 0 Å². The fourth-order valence-corrected chi connectivity index (χ4v) is 4.30. The summed E-state index contributed by atoms with van der Waals surface area (Å²) in [5.74, 6) is 2.52. The summed E-state index contributed by atoms with van der Waals surface area (Å²) < 4.78 is 2.55. The van der Waals surface area contributed by atoms with Crippen molar-refractivity contribution in [1.29, 1.82) is 0 Å². The first-order chi connectivity index (χ1) is 8.65. The zero-order chi connectivity index (χ0) is 13.0. The van der Waals surface area contributed by atoms with Gasteiger partial charge < -0.3 is 9.88 Å². The largest absolute Gasteiger partial charge is 0.338 e. The van der Waals surface area contributed by atoms with Gasteiger partial charge in [-0.2, -0.15) is 11.8 Å². The van der Waals surface area contributed by atoms with E-state index in [1.54, 1.807) is 0 Å². The maximum Gasteiger partial charge on any atom is 0.108 e. The zero-order valence-corrected chi connectivity index (χ0v) is 12.6. The van der Waals surface area contributed by atoms with Gasteiger partial charge in [-0.1, -0.05) is 6.92 Å². The van der Waals surface area contributed by atoms with Gasteiger partial charge in [0.1, 0.15) is 5.82 Å². The SMILES string of the molecule is CCNC(CCc1nccn1C)C1(C)CCCS1. The van der Waals surface area contributed by atoms with Gasteiger partial charge in [-0.25, -0.2) is 4.98 Å². The number of rotatable bonds is 6. The number of thioether (sulfide) groups is 1. The third-order valence-corrected chi connectivity index (χ3v) is 5.66. The standard InChI is InChI=1S/C14H25N3S/c1-4-15-12(14(2)8-5-11-18-14)6-7-13-16-9-10-17(13)3/h9-10,12,15H,4-8,11H2,1-3H3. The molecule has 4 heteroatoms. The van der Waals surface area contributed by atoms with Crippen LogP contribution in [0.1, 0.15) is 38.9 Å². The summed E-state index contributed by atoms with van der Waals surface area (Å²) in [5.41, 5.74) is 0. The molecular weight excluding hydrogens is 242 g/mol. The lowest BCUT2D eigenvalue weighted by molar-refractivity contribution is 0.384. The first-order valence-corrected chi connectivity index (χ1v) is 7.98. The summed E-state index contributed by atoms with van der Waals surface area (Å²) in [4.78, 5) is 4.43. The Balaban J connectivity index is 1.96. The Morgan fingerprint density at radius 3 is 3.00 bits per heavy atom. The molecule has 1 aromatic heterocycles. The Kier molecular flexibility index (Phi) is 4.73. The van der Waals surface area contributed by atoms with Gasteiger partial charge in [0.15, 0.2) is 0 Å². The third kappa shape index (κ3) is 3.09. The normalized spacial score (nSPS) is 25.5. The molecule has 0 aromatic carbocycles. The van der Waals surface area contributed by atoms with E-state index in [4.69, 9.17) is 0 Å². The lowest BCUT2D eigenvalue weighted by atomic mass is 9.92. The molecule has 1 aliphatic rings. The van der Waals surface area contributed by atoms with E-state index in [-0.39, 0.29) is 0 Å². The molecule has 0 radical (unpaired) electrons. The van der Waals surface area contributed by atoms with Gasteiger partial charge in [-0.15, -0.1) is 0 Å². The average molecular weight is 267 g/mol. The molecule has 0 saturated carbocycles. The van der Waals surface area contributed by atoms with Crippen molar-refractivity contribution in [2.75, 3.05) is 12.3 Å². The highest BCUT2D eigenvalue weighted by atomic mass is 32.2. The van der Waals surface area contributed by atoms with Crippen molar-refractivity contribution in [3.05, 3.63) is 18.2 Å². The van der Waals surface area contributed by atoms with Crippen LogP contribution in [0.4, 0.5) is 0 Å². The van der Waals surface area contributed by atoms with Crippen LogP contribution in [0.2, 0.25) is 0 Å². The molecule has 1 aromatic rings. The molecule has 2 heterocycles. The molecule has 3 nitrogen and oxygen atoms in total. The second-order valence-corrected chi connectivity index (χ2v) is 7.00. The quantitative estimate of drug-likeness (QED) is 0.859. The predicted molar refractivity (Wildman–Crippen MR) is 79.1 cm³/mol. The van der Waals surface area contributed by atoms with Crippen LogP contribution in [-0.2, 0) is 13.5 Å². The Hall–Kier alpha value is -0.480. The molecule has 2 atom stereocenters. The van der Waals surface area contributed by atoms with Crippen molar-refractivity contribution in [2.45, 2.75) is 50.3 Å². The minimum atomic E-state index is 0.418. The van der Waals surface area contributed by atoms with Gasteiger partial charge in [0, 0.05) is 36.7 Å². The van der Waals surface area contributed by atoms with E-state index in [1.165, 1.54) is 30.8 Å². The number of hydrogen-bond acceptors (Lipinski definition) is 3. The first-order valence-electron chi connectivity index (χ1n) is 6.99. The average Bonchev–Trinajstić information content (AvgIpc) is 2.95. The van der Waals surface area contributed by atoms with Crippen LogP contribution in [0.15, 0.2) is 12.4 Å². The van der Waals surface area contributed by atoms with Crippen LogP contribution < -0.4 is 5.32 Å². The van der Waals surface area contributed by atoms with Crippen molar-refractivity contribution in [2.24, 2.45) is 7.05 Å². The number of imidazole rings is 1. The van der Waals surface area contributed by atoms with Crippen molar-refractivity contribution < 1.29 is 0 Å². The van der Waals surface area contributed by atoms with E-state index in [1.807, 2.05) is 12.4 Å². The molecule has 2 unspecified atom stereocenters. The van der Waals surface area contributed by atoms with Crippen molar-refractivity contribution in [3.8, 4) is 0 Å². The minimum absolute atomic E-state index is 0.418. The second kappa shape index (κ2) is 6.11. The summed E-state index contributed by atoms with van der Waals surface area (Å²) >= 11 is 2.14. The number of aromatic nitrogens is 2. The maximum absolute atomic E-state index is 4.43. The lowest BCUT2D eigenvalue weighted by Gasteiger charge is -2.34. The molecule has 18 heavy (non-hydrogen) atoms. The van der Waals surface area contributed by atoms with E-state index in [0.717, 1.165) is 13.0 Å². The van der Waals surface area contributed by atoms with Crippen LogP contribution in [-0.4, -0.2) is 32.6 Å². The van der Waals surface area contributed by atoms with E-state index in [9.17, 15) is 0 Å². The monoisotopic (exact) mass is 267 g/mol. The van der Waals surface area contributed by atoms with Gasteiger partial charge in [0.25, 0.3) is 0 Å². The number of nitrogens with one attached hydrogen (secondary N) is 1. The molecule has 0 amide bonds. The molecule has 102 valence electrons. The van der Waals surface area contributed by atoms with Crippen LogP contribution in [0.3, 0.4) is 0 Å². The molecule has 0 bridgehead atoms. The molecule has 0 aliphatic carbocycles. The Bertz CT molecular complexity index is 369. The fraction of sp³-hybridized carbons (Fsp3) is 0.786. The Morgan fingerprint density at radius 1 is 1.61 bits per heavy atom. The minimum Gasteiger partial charge on any atom is -0.338 e. The number of hydrogen-bond donors (Lipinski definition) is 1. The molecule has 1 saturated heterocycles. The molecule has 2 rings (SSSR count). The Morgan fingerprint density at radius 2 is 2.44 bits per heavy atom. The highest BCUT2D eigenvalue weighted by Crippen LogP contribution is 2.41. The summed E-state index contributed by atoms with van der Waals surface area (Å²) in [6, 6.07) is 0.603. The molecule has 1 aliphatic heterocycles. The van der Waals surface area contributed by atoms with E-state index in [0.29, 0.717) is 10.8 Å². The van der Waals surface area contributed by atoms with Crippen LogP contribution in [0.5, 0.6) is 0 Å². The lowest BCUT2D eigenvalue weighted by Crippen LogP contribution is -2.45. The summed E-state index contributed by atoms with van der Waals surface area (Å²) in [5, 5.41) is 3.69. The van der Waals surface area contributed by atoms with E-state index in [2.05, 4.69) is 47.5 Å². The van der Waals surface area contributed by atoms with Crippen molar-refractivity contribution in [3.63, 3.8) is 0 Å². The number of aryl methyl sites for hydroxylation is 2. The summed E-state index contributed by atoms with van der Waals surface area (Å²) in [6.45, 7) is 5.69. The van der Waals surface area contributed by atoms with Crippen molar-refractivity contribution >= 4 is 11.8 Å². The number of nitrogens with zero attached hydrogens (tertiary/aromatic N) is 2. The van der Waals surface area contributed by atoms with Crippen LogP contribution in [0.25, 0.3) is 0 Å². The van der Waals surface area contributed by atoms with Crippen LogP contribution >= 0.6 is 11.8 Å². The second-order valence-electron chi connectivity index (χ2n) is 5.37. The van der Waals surface area contributed by atoms with Gasteiger partial charge >= 0.3 is 0 Å². The van der Waals surface area contributed by atoms with Gasteiger partial charge in [-0.3, -0.25) is 0 Å². The molecule has 1 N–H and O–H groups in total. The Labute approximate surface area is 115 Å². The smallest absolute Gasteiger partial charge is 0.108 e. The topological polar surface area (TPSA) is 29.9 Å². The summed E-state index contributed by atoms with van der Waals surface area (Å²) in [6.07, 6.45) is 8.88. The van der Waals surface area contributed by atoms with Crippen LogP contribution in [0, 0.1) is 0 Å². The highest BCUT2D eigenvalue weighted by molar-refractivity contribution is 8.00. The van der Waals surface area contributed by atoms with Gasteiger partial charge in [0.2, 0.25) is 0 Å². The molecule has 1 fully saturated rings.